The molecule has 2 bridgehead atoms. The van der Waals surface area contributed by atoms with Crippen molar-refractivity contribution in [3.8, 4) is 0 Å². The summed E-state index contributed by atoms with van der Waals surface area (Å²) in [7, 11) is 0. The molecule has 4 rings (SSSR count). The van der Waals surface area contributed by atoms with Crippen LogP contribution in [0.25, 0.3) is 0 Å². The molecule has 3 atom stereocenters. The van der Waals surface area contributed by atoms with E-state index in [1.54, 1.807) is 6.33 Å². The van der Waals surface area contributed by atoms with Gasteiger partial charge in [-0.25, -0.2) is 4.98 Å². The van der Waals surface area contributed by atoms with E-state index in [2.05, 4.69) is 20.2 Å². The van der Waals surface area contributed by atoms with Crippen molar-refractivity contribution in [1.29, 1.82) is 0 Å². The lowest BCUT2D eigenvalue weighted by atomic mass is 10.0. The molecule has 3 unspecified atom stereocenters. The first-order valence-corrected chi connectivity index (χ1v) is 6.86. The highest BCUT2D eigenvalue weighted by Crippen LogP contribution is 2.37. The smallest absolute Gasteiger partial charge is 0.240 e. The first-order chi connectivity index (χ1) is 8.81. The maximum Gasteiger partial charge on any atom is 0.240 e. The van der Waals surface area contributed by atoms with Crippen LogP contribution in [0, 0.1) is 5.92 Å². The van der Waals surface area contributed by atoms with Crippen molar-refractivity contribution in [2.45, 2.75) is 44.3 Å². The number of H-pyrrole nitrogens is 1. The van der Waals surface area contributed by atoms with Crippen molar-refractivity contribution >= 4 is 5.91 Å². The largest absolute Gasteiger partial charge is 0.347 e. The van der Waals surface area contributed by atoms with Crippen LogP contribution in [-0.4, -0.2) is 39.4 Å². The third kappa shape index (κ3) is 1.50. The van der Waals surface area contributed by atoms with Crippen LogP contribution in [0.2, 0.25) is 0 Å². The lowest BCUT2D eigenvalue weighted by molar-refractivity contribution is -0.135. The number of nitrogens with zero attached hydrogens (tertiary/aromatic N) is 2. The first-order valence-electron chi connectivity index (χ1n) is 6.86. The number of fused-ring (bicyclic) bond motifs is 3. The van der Waals surface area contributed by atoms with Crippen molar-refractivity contribution in [2.24, 2.45) is 5.92 Å². The first kappa shape index (κ1) is 10.6. The number of rotatable bonds is 1. The number of hydrogen-bond acceptors (Lipinski definition) is 3. The van der Waals surface area contributed by atoms with Gasteiger partial charge in [0.25, 0.3) is 0 Å². The zero-order chi connectivity index (χ0) is 12.1. The lowest BCUT2D eigenvalue weighted by Crippen LogP contribution is -2.51. The molecule has 1 saturated carbocycles. The Hall–Kier alpha value is -1.36. The fraction of sp³-hybridized carbons (Fsp3) is 0.692. The van der Waals surface area contributed by atoms with Crippen molar-refractivity contribution < 1.29 is 4.79 Å². The molecule has 0 aromatic carbocycles. The molecule has 5 nitrogen and oxygen atoms in total. The highest BCUT2D eigenvalue weighted by molar-refractivity contribution is 5.83. The van der Waals surface area contributed by atoms with Gasteiger partial charge in [0, 0.05) is 25.6 Å². The number of aromatic amines is 1. The van der Waals surface area contributed by atoms with E-state index < -0.39 is 0 Å². The summed E-state index contributed by atoms with van der Waals surface area (Å²) in [5.74, 6) is 1.05. The SMILES string of the molecule is O=C(C1Cc2nc[nH]c2CN1)N1CC2CCC1C2. The normalized spacial score (nSPS) is 33.8. The van der Waals surface area contributed by atoms with Crippen LogP contribution < -0.4 is 5.32 Å². The molecule has 18 heavy (non-hydrogen) atoms. The molecule has 2 aliphatic heterocycles. The van der Waals surface area contributed by atoms with E-state index >= 15 is 0 Å². The highest BCUT2D eigenvalue weighted by Gasteiger charge is 2.42. The van der Waals surface area contributed by atoms with Gasteiger partial charge in [0.1, 0.15) is 0 Å². The van der Waals surface area contributed by atoms with Crippen LogP contribution in [0.4, 0.5) is 0 Å². The van der Waals surface area contributed by atoms with E-state index in [0.29, 0.717) is 6.04 Å². The number of imidazole rings is 1. The molecular weight excluding hydrogens is 228 g/mol. The zero-order valence-electron chi connectivity index (χ0n) is 10.4. The Labute approximate surface area is 106 Å². The topological polar surface area (TPSA) is 61.0 Å². The fourth-order valence-electron chi connectivity index (χ4n) is 3.74. The molecular formula is C13H18N4O. The minimum Gasteiger partial charge on any atom is -0.347 e. The molecule has 96 valence electrons. The Kier molecular flexibility index (Phi) is 2.24. The number of aromatic nitrogens is 2. The summed E-state index contributed by atoms with van der Waals surface area (Å²) in [6, 6.07) is 0.449. The molecule has 3 heterocycles. The van der Waals surface area contributed by atoms with Crippen LogP contribution >= 0.6 is 0 Å². The van der Waals surface area contributed by atoms with E-state index in [4.69, 9.17) is 0 Å². The number of hydrogen-bond donors (Lipinski definition) is 2. The Morgan fingerprint density at radius 1 is 1.44 bits per heavy atom. The monoisotopic (exact) mass is 246 g/mol. The zero-order valence-corrected chi connectivity index (χ0v) is 10.4. The van der Waals surface area contributed by atoms with Gasteiger partial charge in [-0.15, -0.1) is 0 Å². The summed E-state index contributed by atoms with van der Waals surface area (Å²) in [5.41, 5.74) is 2.18. The predicted octanol–water partition coefficient (Wildman–Crippen LogP) is 0.435. The maximum absolute atomic E-state index is 12.5. The number of carbonyl (C=O) groups excluding carboxylic acids is 1. The number of carbonyl (C=O) groups is 1. The summed E-state index contributed by atoms with van der Waals surface area (Å²) >= 11 is 0. The Morgan fingerprint density at radius 3 is 3.17 bits per heavy atom. The third-order valence-corrected chi connectivity index (χ3v) is 4.72. The Bertz CT molecular complexity index is 483. The second-order valence-corrected chi connectivity index (χ2v) is 5.79. The summed E-state index contributed by atoms with van der Waals surface area (Å²) in [4.78, 5) is 22.1. The van der Waals surface area contributed by atoms with Crippen molar-refractivity contribution in [3.05, 3.63) is 17.7 Å². The van der Waals surface area contributed by atoms with E-state index in [0.717, 1.165) is 36.8 Å². The molecule has 1 aliphatic carbocycles. The Morgan fingerprint density at radius 2 is 2.39 bits per heavy atom. The molecule has 1 saturated heterocycles. The minimum absolute atomic E-state index is 0.0693. The summed E-state index contributed by atoms with van der Waals surface area (Å²) < 4.78 is 0. The quantitative estimate of drug-likeness (QED) is 0.755. The van der Waals surface area contributed by atoms with Gasteiger partial charge in [0.05, 0.1) is 23.8 Å². The molecule has 1 aromatic heterocycles. The molecule has 2 N–H and O–H groups in total. The van der Waals surface area contributed by atoms with E-state index in [9.17, 15) is 4.79 Å². The maximum atomic E-state index is 12.5. The highest BCUT2D eigenvalue weighted by atomic mass is 16.2. The molecule has 5 heteroatoms. The van der Waals surface area contributed by atoms with Crippen LogP contribution in [0.5, 0.6) is 0 Å². The minimum atomic E-state index is -0.0693. The molecule has 0 radical (unpaired) electrons. The second kappa shape index (κ2) is 3.82. The van der Waals surface area contributed by atoms with E-state index in [-0.39, 0.29) is 11.9 Å². The van der Waals surface area contributed by atoms with Crippen LogP contribution in [0.3, 0.4) is 0 Å². The predicted molar refractivity (Wildman–Crippen MR) is 65.8 cm³/mol. The molecule has 3 aliphatic rings. The second-order valence-electron chi connectivity index (χ2n) is 5.79. The molecule has 0 spiro atoms. The molecule has 2 fully saturated rings. The molecule has 1 amide bonds. The third-order valence-electron chi connectivity index (χ3n) is 4.72. The van der Waals surface area contributed by atoms with Gasteiger partial charge in [0.2, 0.25) is 5.91 Å². The lowest BCUT2D eigenvalue weighted by Gasteiger charge is -2.32. The van der Waals surface area contributed by atoms with E-state index in [1.165, 1.54) is 19.3 Å². The van der Waals surface area contributed by atoms with Crippen molar-refractivity contribution in [3.63, 3.8) is 0 Å². The van der Waals surface area contributed by atoms with Crippen molar-refractivity contribution in [2.75, 3.05) is 6.54 Å². The van der Waals surface area contributed by atoms with Gasteiger partial charge in [0.15, 0.2) is 0 Å². The molecule has 1 aromatic rings. The van der Waals surface area contributed by atoms with Gasteiger partial charge in [-0.05, 0) is 25.2 Å². The summed E-state index contributed by atoms with van der Waals surface area (Å²) in [5, 5.41) is 3.34. The average Bonchev–Trinajstić information content (AvgIpc) is 3.12. The van der Waals surface area contributed by atoms with Crippen LogP contribution in [0.15, 0.2) is 6.33 Å². The fourth-order valence-corrected chi connectivity index (χ4v) is 3.74. The number of piperidine rings is 1. The van der Waals surface area contributed by atoms with Gasteiger partial charge in [-0.1, -0.05) is 0 Å². The Balaban J connectivity index is 1.50. The summed E-state index contributed by atoms with van der Waals surface area (Å²) in [6.07, 6.45) is 6.20. The number of likely N-dealkylation sites (tertiary alicyclic amines) is 1. The van der Waals surface area contributed by atoms with E-state index in [1.807, 2.05) is 0 Å². The van der Waals surface area contributed by atoms with Crippen LogP contribution in [0.1, 0.15) is 30.7 Å². The van der Waals surface area contributed by atoms with Crippen molar-refractivity contribution in [1.82, 2.24) is 20.2 Å². The number of amides is 1. The number of nitrogens with one attached hydrogen (secondary N) is 2. The van der Waals surface area contributed by atoms with Gasteiger partial charge in [-0.2, -0.15) is 0 Å². The summed E-state index contributed by atoms with van der Waals surface area (Å²) in [6.45, 7) is 1.71. The van der Waals surface area contributed by atoms with Crippen LogP contribution in [-0.2, 0) is 17.8 Å². The van der Waals surface area contributed by atoms with Gasteiger partial charge in [-0.3, -0.25) is 10.1 Å². The average molecular weight is 246 g/mol. The standard InChI is InChI=1S/C13H18N4O/c18-13(17-6-8-1-2-9(17)3-8)11-4-10-12(5-14-11)16-7-15-10/h7-9,11,14H,1-6H2,(H,15,16). The van der Waals surface area contributed by atoms with Gasteiger partial charge < -0.3 is 9.88 Å². The van der Waals surface area contributed by atoms with Gasteiger partial charge >= 0.3 is 0 Å².